The monoisotopic (exact) mass is 665 g/mol. The smallest absolute Gasteiger partial charge is 0.315 e. The maximum atomic E-state index is 13.3. The zero-order valence-corrected chi connectivity index (χ0v) is 25.1. The molecule has 4 amide bonds. The van der Waals surface area contributed by atoms with Gasteiger partial charge in [0, 0.05) is 30.2 Å². The number of phenols is 2. The predicted octanol–water partition coefficient (Wildman–Crippen LogP) is -1.26. The average molecular weight is 666 g/mol. The third-order valence-electron chi connectivity index (χ3n) is 6.62. The molecule has 1 aromatic heterocycles. The summed E-state index contributed by atoms with van der Waals surface area (Å²) in [4.78, 5) is 84.6. The SMILES string of the molecule is CC(=O)OCC1(C(=O)O)CS[C@@H]2C(NC(=O)C(=NOC(C)C(=O)NNC(=O)c3ccc(O)c(O)c3)c3csc(N)n3)C(=O)N2C1. The Morgan fingerprint density at radius 1 is 1.22 bits per heavy atom. The first-order valence-corrected chi connectivity index (χ1v) is 14.8. The van der Waals surface area contributed by atoms with Gasteiger partial charge < -0.3 is 40.8 Å². The molecule has 8 N–H and O–H groups in total. The van der Waals surface area contributed by atoms with Gasteiger partial charge in [0.25, 0.3) is 17.7 Å². The lowest BCUT2D eigenvalue weighted by atomic mass is 9.88. The van der Waals surface area contributed by atoms with E-state index in [2.05, 4.69) is 26.3 Å². The minimum atomic E-state index is -1.52. The number of ether oxygens (including phenoxy) is 1. The van der Waals surface area contributed by atoms with Gasteiger partial charge in [0.1, 0.15) is 29.1 Å². The Kier molecular flexibility index (Phi) is 9.66. The standard InChI is InChI=1S/C25H27N7O11S2/c1-10(18(36)29-30-19(37)12-3-4-14(34)15(35)5-12)43-31-16(13-6-44-24(26)27-13)20(38)28-17-21(39)32-7-25(23(40)41,8-42-11(2)33)9-45-22(17)32/h3-6,10,17,22,34-35H,7-9H2,1-2H3,(H2,26,27)(H,28,38)(H,29,36)(H,30,37)(H,40,41)/t10?,17?,22-,25?/m1/s1. The van der Waals surface area contributed by atoms with Crippen LogP contribution in [0.25, 0.3) is 0 Å². The summed E-state index contributed by atoms with van der Waals surface area (Å²) in [5.41, 5.74) is 7.86. The van der Waals surface area contributed by atoms with Crippen molar-refractivity contribution < 1.29 is 53.7 Å². The molecule has 2 fully saturated rings. The van der Waals surface area contributed by atoms with Crippen molar-refractivity contribution in [1.29, 1.82) is 0 Å². The van der Waals surface area contributed by atoms with Crippen LogP contribution in [0.15, 0.2) is 28.7 Å². The van der Waals surface area contributed by atoms with Crippen LogP contribution >= 0.6 is 23.1 Å². The van der Waals surface area contributed by atoms with E-state index in [-0.39, 0.29) is 28.7 Å². The largest absolute Gasteiger partial charge is 0.504 e. The summed E-state index contributed by atoms with van der Waals surface area (Å²) in [7, 11) is 0. The maximum Gasteiger partial charge on any atom is 0.315 e. The summed E-state index contributed by atoms with van der Waals surface area (Å²) in [6.07, 6.45) is -1.37. The lowest BCUT2D eigenvalue weighted by Gasteiger charge is -2.53. The van der Waals surface area contributed by atoms with Crippen LogP contribution in [-0.2, 0) is 33.5 Å². The maximum absolute atomic E-state index is 13.3. The molecule has 0 bridgehead atoms. The van der Waals surface area contributed by atoms with E-state index in [1.165, 1.54) is 23.3 Å². The fourth-order valence-electron chi connectivity index (χ4n) is 4.09. The molecule has 2 aliphatic rings. The minimum Gasteiger partial charge on any atom is -0.504 e. The summed E-state index contributed by atoms with van der Waals surface area (Å²) >= 11 is 2.08. The first-order chi connectivity index (χ1) is 21.2. The third-order valence-corrected chi connectivity index (χ3v) is 8.89. The number of anilines is 1. The highest BCUT2D eigenvalue weighted by Gasteiger charge is 2.58. The van der Waals surface area contributed by atoms with Crippen molar-refractivity contribution in [3.63, 3.8) is 0 Å². The highest BCUT2D eigenvalue weighted by Crippen LogP contribution is 2.42. The number of hydrazine groups is 1. The van der Waals surface area contributed by atoms with Crippen LogP contribution in [0, 0.1) is 5.41 Å². The summed E-state index contributed by atoms with van der Waals surface area (Å²) in [6, 6.07) is 2.21. The lowest BCUT2D eigenvalue weighted by molar-refractivity contribution is -0.164. The molecule has 3 heterocycles. The molecule has 20 heteroatoms. The van der Waals surface area contributed by atoms with E-state index in [0.717, 1.165) is 42.2 Å². The van der Waals surface area contributed by atoms with Gasteiger partial charge in [0.05, 0.1) is 0 Å². The van der Waals surface area contributed by atoms with E-state index in [0.29, 0.717) is 0 Å². The number of fused-ring (bicyclic) bond motifs is 1. The molecule has 0 saturated carbocycles. The summed E-state index contributed by atoms with van der Waals surface area (Å²) in [5, 5.41) is 35.9. The molecule has 45 heavy (non-hydrogen) atoms. The summed E-state index contributed by atoms with van der Waals surface area (Å²) in [6.45, 7) is 1.75. The van der Waals surface area contributed by atoms with Crippen LogP contribution in [0.2, 0.25) is 0 Å². The number of β-lactam (4-membered cyclic amide) rings is 1. The number of rotatable bonds is 10. The van der Waals surface area contributed by atoms with Crippen molar-refractivity contribution in [2.75, 3.05) is 24.6 Å². The lowest BCUT2D eigenvalue weighted by Crippen LogP contribution is -2.74. The second kappa shape index (κ2) is 13.3. The first-order valence-electron chi connectivity index (χ1n) is 12.9. The minimum absolute atomic E-state index is 0.000178. The van der Waals surface area contributed by atoms with Gasteiger partial charge in [0.2, 0.25) is 12.0 Å². The molecule has 18 nitrogen and oxygen atoms in total. The van der Waals surface area contributed by atoms with Crippen LogP contribution in [-0.4, -0.2) is 103 Å². The van der Waals surface area contributed by atoms with E-state index in [4.69, 9.17) is 15.3 Å². The van der Waals surface area contributed by atoms with Crippen LogP contribution in [0.4, 0.5) is 5.13 Å². The van der Waals surface area contributed by atoms with Gasteiger partial charge >= 0.3 is 11.9 Å². The predicted molar refractivity (Wildman–Crippen MR) is 156 cm³/mol. The fraction of sp³-hybridized carbons (Fsp3) is 0.360. The summed E-state index contributed by atoms with van der Waals surface area (Å²) in [5.74, 6) is -6.05. The number of carboxylic acid groups (broad SMARTS) is 1. The number of carbonyl (C=O) groups is 6. The van der Waals surface area contributed by atoms with Gasteiger partial charge in [-0.25, -0.2) is 4.98 Å². The number of thiazole rings is 1. The van der Waals surface area contributed by atoms with E-state index < -0.39 is 82.3 Å². The fourth-order valence-corrected chi connectivity index (χ4v) is 6.16. The zero-order chi connectivity index (χ0) is 33.1. The van der Waals surface area contributed by atoms with Crippen LogP contribution in [0.5, 0.6) is 11.5 Å². The molecule has 0 spiro atoms. The molecule has 2 aromatic rings. The number of aliphatic carboxylic acids is 1. The van der Waals surface area contributed by atoms with E-state index in [9.17, 15) is 44.1 Å². The van der Waals surface area contributed by atoms with Gasteiger partial charge in [-0.3, -0.25) is 39.6 Å². The Labute approximate surface area is 261 Å². The van der Waals surface area contributed by atoms with Crippen molar-refractivity contribution >= 4 is 69.5 Å². The second-order valence-corrected chi connectivity index (χ2v) is 11.9. The molecule has 0 radical (unpaired) electrons. The molecule has 240 valence electrons. The van der Waals surface area contributed by atoms with Crippen molar-refractivity contribution in [3.8, 4) is 11.5 Å². The molecular formula is C25H27N7O11S2. The van der Waals surface area contributed by atoms with Gasteiger partial charge in [-0.15, -0.1) is 23.1 Å². The average Bonchev–Trinajstić information content (AvgIpc) is 3.43. The molecule has 4 rings (SSSR count). The Hall–Kier alpha value is -5.11. The number of nitrogens with two attached hydrogens (primary N) is 1. The zero-order valence-electron chi connectivity index (χ0n) is 23.5. The Morgan fingerprint density at radius 2 is 1.96 bits per heavy atom. The third kappa shape index (κ3) is 7.17. The van der Waals surface area contributed by atoms with Crippen molar-refractivity contribution in [2.24, 2.45) is 10.6 Å². The topological polar surface area (TPSA) is 272 Å². The molecule has 3 unspecified atom stereocenters. The number of hydrogen-bond donors (Lipinski definition) is 7. The number of carboxylic acids is 1. The van der Waals surface area contributed by atoms with Gasteiger partial charge in [-0.2, -0.15) is 0 Å². The number of hydrogen-bond acceptors (Lipinski definition) is 15. The highest BCUT2D eigenvalue weighted by atomic mass is 32.2. The Balaban J connectivity index is 1.39. The number of phenolic OH excluding ortho intramolecular Hbond substituents is 2. The van der Waals surface area contributed by atoms with Gasteiger partial charge in [-0.1, -0.05) is 5.16 Å². The molecule has 0 aliphatic carbocycles. The number of nitrogen functional groups attached to an aromatic ring is 1. The quantitative estimate of drug-likeness (QED) is 0.0513. The first kappa shape index (κ1) is 32.8. The summed E-state index contributed by atoms with van der Waals surface area (Å²) < 4.78 is 4.93. The molecule has 4 atom stereocenters. The normalized spacial score (nSPS) is 21.4. The molecule has 2 saturated heterocycles. The number of aromatic hydroxyl groups is 2. The number of benzene rings is 1. The van der Waals surface area contributed by atoms with Crippen LogP contribution in [0.3, 0.4) is 0 Å². The van der Waals surface area contributed by atoms with Gasteiger partial charge in [0.15, 0.2) is 22.3 Å². The number of thioether (sulfide) groups is 1. The van der Waals surface area contributed by atoms with Gasteiger partial charge in [-0.05, 0) is 25.1 Å². The van der Waals surface area contributed by atoms with Crippen LogP contribution < -0.4 is 21.9 Å². The Bertz CT molecular complexity index is 1580. The number of carbonyl (C=O) groups excluding carboxylic acids is 5. The van der Waals surface area contributed by atoms with E-state index in [1.54, 1.807) is 0 Å². The number of amides is 4. The number of esters is 1. The highest BCUT2D eigenvalue weighted by molar-refractivity contribution is 8.00. The Morgan fingerprint density at radius 3 is 2.58 bits per heavy atom. The number of nitrogens with one attached hydrogen (secondary N) is 3. The number of nitrogens with zero attached hydrogens (tertiary/aromatic N) is 3. The molecule has 1 aromatic carbocycles. The van der Waals surface area contributed by atoms with E-state index >= 15 is 0 Å². The van der Waals surface area contributed by atoms with E-state index in [1.807, 2.05) is 0 Å². The van der Waals surface area contributed by atoms with Crippen molar-refractivity contribution in [1.82, 2.24) is 26.1 Å². The number of aromatic nitrogens is 1. The number of oxime groups is 1. The van der Waals surface area contributed by atoms with Crippen molar-refractivity contribution in [3.05, 3.63) is 34.8 Å². The van der Waals surface area contributed by atoms with Crippen LogP contribution in [0.1, 0.15) is 29.9 Å². The molecular weight excluding hydrogens is 638 g/mol. The van der Waals surface area contributed by atoms with Crippen molar-refractivity contribution in [2.45, 2.75) is 31.4 Å². The second-order valence-electron chi connectivity index (χ2n) is 9.89. The molecule has 2 aliphatic heterocycles.